The molecule has 0 aliphatic carbocycles. The van der Waals surface area contributed by atoms with E-state index in [2.05, 4.69) is 49.9 Å². The number of nitrogens with zero attached hydrogens (tertiary/aromatic N) is 3. The third kappa shape index (κ3) is 3.75. The van der Waals surface area contributed by atoms with Crippen LogP contribution < -0.4 is 0 Å². The van der Waals surface area contributed by atoms with E-state index in [1.165, 1.54) is 5.56 Å². The van der Waals surface area contributed by atoms with Gasteiger partial charge in [0.1, 0.15) is 11.8 Å². The molecule has 1 aromatic heterocycles. The van der Waals surface area contributed by atoms with Gasteiger partial charge >= 0.3 is 0 Å². The van der Waals surface area contributed by atoms with Gasteiger partial charge in [0.2, 0.25) is 0 Å². The summed E-state index contributed by atoms with van der Waals surface area (Å²) in [5.41, 5.74) is 2.99. The van der Waals surface area contributed by atoms with Gasteiger partial charge in [-0.25, -0.2) is 5.01 Å². The Morgan fingerprint density at radius 3 is 2.71 bits per heavy atom. The molecule has 6 heteroatoms. The number of hydrogen-bond donors (Lipinski definition) is 0. The minimum absolute atomic E-state index is 0.0153. The molecule has 3 heterocycles. The van der Waals surface area contributed by atoms with Crippen molar-refractivity contribution in [1.29, 1.82) is 0 Å². The van der Waals surface area contributed by atoms with Crippen LogP contribution in [0.5, 0.6) is 0 Å². The molecule has 28 heavy (non-hydrogen) atoms. The average Bonchev–Trinajstić information content (AvgIpc) is 3.33. The molecular weight excluding hydrogens is 354 g/mol. The highest BCUT2D eigenvalue weighted by Gasteiger charge is 2.38. The van der Waals surface area contributed by atoms with Gasteiger partial charge in [-0.2, -0.15) is 5.10 Å². The molecular formula is C22H27N3O3. The number of carbonyl (C=O) groups is 1. The molecule has 2 aliphatic rings. The Kier molecular flexibility index (Phi) is 5.08. The van der Waals surface area contributed by atoms with Crippen LogP contribution in [-0.4, -0.2) is 53.4 Å². The lowest BCUT2D eigenvalue weighted by atomic mass is 10.0. The van der Waals surface area contributed by atoms with E-state index >= 15 is 0 Å². The van der Waals surface area contributed by atoms with Crippen molar-refractivity contribution in [2.45, 2.75) is 38.8 Å². The monoisotopic (exact) mass is 381 g/mol. The number of benzene rings is 1. The zero-order valence-electron chi connectivity index (χ0n) is 16.7. The van der Waals surface area contributed by atoms with Crippen LogP contribution in [0.4, 0.5) is 0 Å². The molecule has 1 aromatic carbocycles. The van der Waals surface area contributed by atoms with Gasteiger partial charge < -0.3 is 9.15 Å². The van der Waals surface area contributed by atoms with Gasteiger partial charge in [-0.15, -0.1) is 0 Å². The summed E-state index contributed by atoms with van der Waals surface area (Å²) in [6.07, 6.45) is 2.29. The Morgan fingerprint density at radius 1 is 1.25 bits per heavy atom. The number of carbonyl (C=O) groups excluding carboxylic acids is 1. The Hall–Kier alpha value is -2.44. The molecule has 1 atom stereocenters. The van der Waals surface area contributed by atoms with Crippen LogP contribution in [0.3, 0.4) is 0 Å². The normalized spacial score (nSPS) is 22.3. The third-order valence-electron chi connectivity index (χ3n) is 5.57. The van der Waals surface area contributed by atoms with Crippen LogP contribution >= 0.6 is 0 Å². The van der Waals surface area contributed by atoms with Crippen molar-refractivity contribution in [3.8, 4) is 0 Å². The molecule has 0 radical (unpaired) electrons. The van der Waals surface area contributed by atoms with Crippen LogP contribution in [-0.2, 0) is 9.53 Å². The van der Waals surface area contributed by atoms with E-state index in [0.29, 0.717) is 26.2 Å². The Morgan fingerprint density at radius 2 is 2.04 bits per heavy atom. The van der Waals surface area contributed by atoms with E-state index in [4.69, 9.17) is 14.3 Å². The predicted molar refractivity (Wildman–Crippen MR) is 107 cm³/mol. The van der Waals surface area contributed by atoms with E-state index in [1.54, 1.807) is 11.3 Å². The SMILES string of the molecule is Cc1ccc(C2=NN(C(=O)CN3CCOCC3(C)C)C(c3ccco3)C2)cc1. The summed E-state index contributed by atoms with van der Waals surface area (Å²) in [4.78, 5) is 15.4. The van der Waals surface area contributed by atoms with Gasteiger partial charge in [0.05, 0.1) is 31.7 Å². The second-order valence-corrected chi connectivity index (χ2v) is 8.17. The number of ether oxygens (including phenoxy) is 1. The summed E-state index contributed by atoms with van der Waals surface area (Å²) < 4.78 is 11.2. The molecule has 1 unspecified atom stereocenters. The second kappa shape index (κ2) is 7.53. The molecule has 1 saturated heterocycles. The zero-order chi connectivity index (χ0) is 19.7. The number of aryl methyl sites for hydroxylation is 1. The summed E-state index contributed by atoms with van der Waals surface area (Å²) in [6, 6.07) is 11.8. The van der Waals surface area contributed by atoms with Gasteiger partial charge in [0.25, 0.3) is 5.91 Å². The van der Waals surface area contributed by atoms with Crippen molar-refractivity contribution < 1.29 is 13.9 Å². The highest BCUT2D eigenvalue weighted by molar-refractivity contribution is 6.03. The Bertz CT molecular complexity index is 856. The van der Waals surface area contributed by atoms with Gasteiger partial charge in [0.15, 0.2) is 0 Å². The number of furan rings is 1. The minimum Gasteiger partial charge on any atom is -0.467 e. The molecule has 0 bridgehead atoms. The van der Waals surface area contributed by atoms with Gasteiger partial charge in [-0.1, -0.05) is 29.8 Å². The van der Waals surface area contributed by atoms with Crippen molar-refractivity contribution >= 4 is 11.6 Å². The lowest BCUT2D eigenvalue weighted by molar-refractivity contribution is -0.139. The summed E-state index contributed by atoms with van der Waals surface area (Å²) in [6.45, 7) is 8.61. The van der Waals surface area contributed by atoms with E-state index in [1.807, 2.05) is 12.1 Å². The standard InChI is InChI=1S/C22H27N3O3/c1-16-6-8-17(9-7-16)18-13-19(20-5-4-11-28-20)25(23-18)21(26)14-24-10-12-27-15-22(24,2)3/h4-9,11,19H,10,12-15H2,1-3H3. The van der Waals surface area contributed by atoms with Crippen molar-refractivity contribution in [1.82, 2.24) is 9.91 Å². The molecule has 0 saturated carbocycles. The smallest absolute Gasteiger partial charge is 0.257 e. The number of hydrazone groups is 1. The zero-order valence-corrected chi connectivity index (χ0v) is 16.7. The first-order valence-corrected chi connectivity index (χ1v) is 9.77. The van der Waals surface area contributed by atoms with Crippen molar-refractivity contribution in [3.63, 3.8) is 0 Å². The molecule has 1 fully saturated rings. The van der Waals surface area contributed by atoms with Crippen LogP contribution in [0.2, 0.25) is 0 Å². The second-order valence-electron chi connectivity index (χ2n) is 8.17. The number of morpholine rings is 1. The quantitative estimate of drug-likeness (QED) is 0.815. The predicted octanol–water partition coefficient (Wildman–Crippen LogP) is 3.38. The number of rotatable bonds is 4. The third-order valence-corrected chi connectivity index (χ3v) is 5.57. The highest BCUT2D eigenvalue weighted by Crippen LogP contribution is 2.33. The molecule has 6 nitrogen and oxygen atoms in total. The van der Waals surface area contributed by atoms with Crippen LogP contribution in [0.15, 0.2) is 52.2 Å². The fraction of sp³-hybridized carbons (Fsp3) is 0.455. The molecule has 148 valence electrons. The van der Waals surface area contributed by atoms with Gasteiger partial charge in [0, 0.05) is 18.5 Å². The molecule has 4 rings (SSSR count). The number of amides is 1. The first kappa shape index (κ1) is 18.9. The molecule has 0 N–H and O–H groups in total. The summed E-state index contributed by atoms with van der Waals surface area (Å²) in [5, 5.41) is 6.33. The lowest BCUT2D eigenvalue weighted by Crippen LogP contribution is -2.55. The van der Waals surface area contributed by atoms with Crippen molar-refractivity contribution in [2.24, 2.45) is 5.10 Å². The lowest BCUT2D eigenvalue weighted by Gasteiger charge is -2.42. The van der Waals surface area contributed by atoms with Gasteiger partial charge in [-0.3, -0.25) is 9.69 Å². The van der Waals surface area contributed by atoms with E-state index in [9.17, 15) is 4.79 Å². The Balaban J connectivity index is 1.59. The maximum Gasteiger partial charge on any atom is 0.257 e. The maximum absolute atomic E-state index is 13.2. The fourth-order valence-corrected chi connectivity index (χ4v) is 3.78. The molecule has 2 aromatic rings. The maximum atomic E-state index is 13.2. The molecule has 0 spiro atoms. The average molecular weight is 381 g/mol. The fourth-order valence-electron chi connectivity index (χ4n) is 3.78. The van der Waals surface area contributed by atoms with Crippen molar-refractivity contribution in [2.75, 3.05) is 26.3 Å². The number of hydrogen-bond acceptors (Lipinski definition) is 5. The van der Waals surface area contributed by atoms with E-state index < -0.39 is 0 Å². The molecule has 1 amide bonds. The summed E-state index contributed by atoms with van der Waals surface area (Å²) in [7, 11) is 0. The first-order valence-electron chi connectivity index (χ1n) is 9.77. The highest BCUT2D eigenvalue weighted by atomic mass is 16.5. The summed E-state index contributed by atoms with van der Waals surface area (Å²) >= 11 is 0. The minimum atomic E-state index is -0.206. The Labute approximate surface area is 165 Å². The van der Waals surface area contributed by atoms with E-state index in [-0.39, 0.29) is 17.5 Å². The largest absolute Gasteiger partial charge is 0.467 e. The van der Waals surface area contributed by atoms with Gasteiger partial charge in [-0.05, 0) is 38.5 Å². The van der Waals surface area contributed by atoms with E-state index in [0.717, 1.165) is 23.6 Å². The summed E-state index contributed by atoms with van der Waals surface area (Å²) in [5.74, 6) is 0.749. The van der Waals surface area contributed by atoms with Crippen LogP contribution in [0.1, 0.15) is 43.2 Å². The first-order chi connectivity index (χ1) is 13.4. The van der Waals surface area contributed by atoms with Crippen LogP contribution in [0, 0.1) is 6.92 Å². The molecule has 2 aliphatic heterocycles. The topological polar surface area (TPSA) is 58.3 Å². The van der Waals surface area contributed by atoms with Crippen LogP contribution in [0.25, 0.3) is 0 Å². The van der Waals surface area contributed by atoms with Crippen molar-refractivity contribution in [3.05, 3.63) is 59.5 Å².